The summed E-state index contributed by atoms with van der Waals surface area (Å²) in [6.07, 6.45) is 5.39. The smallest absolute Gasteiger partial charge is 0.153 e. The van der Waals surface area contributed by atoms with Crippen molar-refractivity contribution in [3.8, 4) is 5.75 Å². The molecular weight excluding hydrogens is 212 g/mol. The van der Waals surface area contributed by atoms with Crippen molar-refractivity contribution in [2.24, 2.45) is 0 Å². The Kier molecular flexibility index (Phi) is 5.75. The molecule has 2 nitrogen and oxygen atoms in total. The standard InChI is InChI=1S/C15H22O2/c1-4-6-14(7-5-2)17-15-9-8-12(3)10-13(15)11-16/h8-11,14H,4-7H2,1-3H3. The molecule has 94 valence electrons. The van der Waals surface area contributed by atoms with Crippen LogP contribution in [0.4, 0.5) is 0 Å². The quantitative estimate of drug-likeness (QED) is 0.662. The molecule has 0 amide bonds. The average Bonchev–Trinajstić information content (AvgIpc) is 2.32. The molecule has 0 heterocycles. The molecule has 2 heteroatoms. The predicted molar refractivity (Wildman–Crippen MR) is 70.8 cm³/mol. The summed E-state index contributed by atoms with van der Waals surface area (Å²) < 4.78 is 5.94. The molecule has 0 atom stereocenters. The van der Waals surface area contributed by atoms with E-state index in [0.29, 0.717) is 5.56 Å². The van der Waals surface area contributed by atoms with Crippen molar-refractivity contribution in [2.75, 3.05) is 0 Å². The van der Waals surface area contributed by atoms with E-state index in [2.05, 4.69) is 13.8 Å². The van der Waals surface area contributed by atoms with Crippen molar-refractivity contribution in [1.29, 1.82) is 0 Å². The molecule has 0 saturated heterocycles. The van der Waals surface area contributed by atoms with Gasteiger partial charge in [-0.1, -0.05) is 38.3 Å². The molecule has 0 spiro atoms. The molecule has 1 aromatic rings. The molecule has 1 aromatic carbocycles. The fourth-order valence-corrected chi connectivity index (χ4v) is 1.95. The van der Waals surface area contributed by atoms with Crippen molar-refractivity contribution in [1.82, 2.24) is 0 Å². The van der Waals surface area contributed by atoms with Crippen LogP contribution in [0.3, 0.4) is 0 Å². The van der Waals surface area contributed by atoms with E-state index in [9.17, 15) is 4.79 Å². The fourth-order valence-electron chi connectivity index (χ4n) is 1.95. The number of benzene rings is 1. The number of ether oxygens (including phenoxy) is 1. The zero-order valence-corrected chi connectivity index (χ0v) is 11.0. The zero-order chi connectivity index (χ0) is 12.7. The van der Waals surface area contributed by atoms with Crippen LogP contribution in [0.5, 0.6) is 5.75 Å². The second-order valence-electron chi connectivity index (χ2n) is 4.48. The highest BCUT2D eigenvalue weighted by Gasteiger charge is 2.11. The van der Waals surface area contributed by atoms with Crippen molar-refractivity contribution < 1.29 is 9.53 Å². The summed E-state index contributed by atoms with van der Waals surface area (Å²) in [7, 11) is 0. The Labute approximate surface area is 104 Å². The highest BCUT2D eigenvalue weighted by Crippen LogP contribution is 2.22. The maximum atomic E-state index is 11.0. The second-order valence-corrected chi connectivity index (χ2v) is 4.48. The summed E-state index contributed by atoms with van der Waals surface area (Å²) in [5.74, 6) is 0.720. The molecule has 0 saturated carbocycles. The summed E-state index contributed by atoms with van der Waals surface area (Å²) in [5.41, 5.74) is 1.74. The van der Waals surface area contributed by atoms with E-state index >= 15 is 0 Å². The van der Waals surface area contributed by atoms with Gasteiger partial charge in [-0.25, -0.2) is 0 Å². The summed E-state index contributed by atoms with van der Waals surface area (Å²) in [6, 6.07) is 5.76. The third kappa shape index (κ3) is 4.22. The van der Waals surface area contributed by atoms with Gasteiger partial charge in [0.05, 0.1) is 11.7 Å². The number of aryl methyl sites for hydroxylation is 1. The van der Waals surface area contributed by atoms with Gasteiger partial charge in [0.25, 0.3) is 0 Å². The average molecular weight is 234 g/mol. The van der Waals surface area contributed by atoms with Gasteiger partial charge >= 0.3 is 0 Å². The van der Waals surface area contributed by atoms with Gasteiger partial charge in [0.1, 0.15) is 5.75 Å². The highest BCUT2D eigenvalue weighted by molar-refractivity contribution is 5.79. The fraction of sp³-hybridized carbons (Fsp3) is 0.533. The summed E-state index contributed by atoms with van der Waals surface area (Å²) in [6.45, 7) is 6.29. The third-order valence-electron chi connectivity index (χ3n) is 2.81. The Bertz CT molecular complexity index is 352. The van der Waals surface area contributed by atoms with Crippen LogP contribution in [0.2, 0.25) is 0 Å². The number of hydrogen-bond acceptors (Lipinski definition) is 2. The molecular formula is C15H22O2. The lowest BCUT2D eigenvalue weighted by molar-refractivity contribution is 0.111. The molecule has 0 fully saturated rings. The molecule has 1 rings (SSSR count). The molecule has 0 N–H and O–H groups in total. The largest absolute Gasteiger partial charge is 0.490 e. The number of aldehydes is 1. The molecule has 0 radical (unpaired) electrons. The summed E-state index contributed by atoms with van der Waals surface area (Å²) in [5, 5.41) is 0. The maximum Gasteiger partial charge on any atom is 0.153 e. The zero-order valence-electron chi connectivity index (χ0n) is 11.0. The predicted octanol–water partition coefficient (Wildman–Crippen LogP) is 4.16. The van der Waals surface area contributed by atoms with Crippen LogP contribution in [0, 0.1) is 6.92 Å². The second kappa shape index (κ2) is 7.10. The summed E-state index contributed by atoms with van der Waals surface area (Å²) >= 11 is 0. The van der Waals surface area contributed by atoms with Gasteiger partial charge in [0.15, 0.2) is 6.29 Å². The topological polar surface area (TPSA) is 26.3 Å². The van der Waals surface area contributed by atoms with Crippen LogP contribution in [0.25, 0.3) is 0 Å². The monoisotopic (exact) mass is 234 g/mol. The lowest BCUT2D eigenvalue weighted by Gasteiger charge is -2.19. The first kappa shape index (κ1) is 13.8. The van der Waals surface area contributed by atoms with Crippen LogP contribution in [0.15, 0.2) is 18.2 Å². The first-order valence-corrected chi connectivity index (χ1v) is 6.43. The lowest BCUT2D eigenvalue weighted by Crippen LogP contribution is -2.16. The minimum absolute atomic E-state index is 0.228. The van der Waals surface area contributed by atoms with E-state index in [1.807, 2.05) is 25.1 Å². The molecule has 0 bridgehead atoms. The first-order valence-electron chi connectivity index (χ1n) is 6.43. The van der Waals surface area contributed by atoms with Gasteiger partial charge in [0, 0.05) is 0 Å². The van der Waals surface area contributed by atoms with Crippen molar-refractivity contribution in [3.63, 3.8) is 0 Å². The Balaban J connectivity index is 2.80. The highest BCUT2D eigenvalue weighted by atomic mass is 16.5. The van der Waals surface area contributed by atoms with Crippen LogP contribution < -0.4 is 4.74 Å². The Morgan fingerprint density at radius 2 is 1.88 bits per heavy atom. The van der Waals surface area contributed by atoms with Gasteiger partial charge in [0.2, 0.25) is 0 Å². The van der Waals surface area contributed by atoms with Crippen molar-refractivity contribution in [3.05, 3.63) is 29.3 Å². The van der Waals surface area contributed by atoms with Crippen LogP contribution >= 0.6 is 0 Å². The normalized spacial score (nSPS) is 10.6. The van der Waals surface area contributed by atoms with Crippen LogP contribution in [-0.4, -0.2) is 12.4 Å². The van der Waals surface area contributed by atoms with Crippen molar-refractivity contribution in [2.45, 2.75) is 52.6 Å². The molecule has 0 unspecified atom stereocenters. The van der Waals surface area contributed by atoms with E-state index in [1.54, 1.807) is 0 Å². The number of carbonyl (C=O) groups excluding carboxylic acids is 1. The van der Waals surface area contributed by atoms with Crippen molar-refractivity contribution >= 4 is 6.29 Å². The number of rotatable bonds is 7. The molecule has 0 aromatic heterocycles. The minimum atomic E-state index is 0.228. The molecule has 17 heavy (non-hydrogen) atoms. The Hall–Kier alpha value is -1.31. The Morgan fingerprint density at radius 1 is 1.24 bits per heavy atom. The van der Waals surface area contributed by atoms with Gasteiger partial charge in [-0.05, 0) is 31.9 Å². The Morgan fingerprint density at radius 3 is 2.41 bits per heavy atom. The minimum Gasteiger partial charge on any atom is -0.490 e. The van der Waals surface area contributed by atoms with Gasteiger partial charge in [-0.15, -0.1) is 0 Å². The van der Waals surface area contributed by atoms with E-state index in [0.717, 1.165) is 43.3 Å². The third-order valence-corrected chi connectivity index (χ3v) is 2.81. The van der Waals surface area contributed by atoms with Crippen LogP contribution in [0.1, 0.15) is 55.5 Å². The number of carbonyl (C=O) groups is 1. The van der Waals surface area contributed by atoms with E-state index in [-0.39, 0.29) is 6.10 Å². The van der Waals surface area contributed by atoms with Gasteiger partial charge in [-0.3, -0.25) is 4.79 Å². The maximum absolute atomic E-state index is 11.0. The lowest BCUT2D eigenvalue weighted by atomic mass is 10.1. The van der Waals surface area contributed by atoms with Gasteiger partial charge < -0.3 is 4.74 Å². The number of hydrogen-bond donors (Lipinski definition) is 0. The van der Waals surface area contributed by atoms with Crippen LogP contribution in [-0.2, 0) is 0 Å². The SMILES string of the molecule is CCCC(CCC)Oc1ccc(C)cc1C=O. The first-order chi connectivity index (χ1) is 8.21. The molecule has 0 aliphatic heterocycles. The van der Waals surface area contributed by atoms with Gasteiger partial charge in [-0.2, -0.15) is 0 Å². The van der Waals surface area contributed by atoms with E-state index in [1.165, 1.54) is 0 Å². The van der Waals surface area contributed by atoms with E-state index < -0.39 is 0 Å². The van der Waals surface area contributed by atoms with E-state index in [4.69, 9.17) is 4.74 Å². The summed E-state index contributed by atoms with van der Waals surface area (Å²) in [4.78, 5) is 11.0. The molecule has 0 aliphatic carbocycles. The molecule has 0 aliphatic rings.